The molecule has 2 atom stereocenters. The van der Waals surface area contributed by atoms with Gasteiger partial charge in [0.2, 0.25) is 0 Å². The monoisotopic (exact) mass is 310 g/mol. The van der Waals surface area contributed by atoms with Crippen molar-refractivity contribution in [1.29, 1.82) is 0 Å². The molecule has 1 saturated heterocycles. The first-order chi connectivity index (χ1) is 9.74. The number of hydrogen-bond acceptors (Lipinski definition) is 2. The molecule has 0 aromatic carbocycles. The highest BCUT2D eigenvalue weighted by Gasteiger charge is 2.35. The number of carbonyl (C=O) groups is 2. The third-order valence-electron chi connectivity index (χ3n) is 3.75. The summed E-state index contributed by atoms with van der Waals surface area (Å²) in [6.45, 7) is 2.18. The number of carboxylic acids is 1. The summed E-state index contributed by atoms with van der Waals surface area (Å²) in [4.78, 5) is 24.3. The fourth-order valence-corrected chi connectivity index (χ4v) is 2.47. The molecule has 8 heteroatoms. The van der Waals surface area contributed by atoms with Gasteiger partial charge in [0.15, 0.2) is 0 Å². The lowest BCUT2D eigenvalue weighted by Gasteiger charge is -2.36. The molecule has 1 aliphatic rings. The third-order valence-corrected chi connectivity index (χ3v) is 3.75. The Balaban J connectivity index is 2.46. The number of piperidine rings is 1. The quantitative estimate of drug-likeness (QED) is 0.767. The number of rotatable bonds is 5. The number of nitrogens with one attached hydrogen (secondary N) is 1. The van der Waals surface area contributed by atoms with Crippen LogP contribution >= 0.6 is 0 Å². The second-order valence-electron chi connectivity index (χ2n) is 5.30. The van der Waals surface area contributed by atoms with Crippen LogP contribution in [0.1, 0.15) is 39.0 Å². The molecule has 1 heterocycles. The number of likely N-dealkylation sites (tertiary alicyclic amines) is 1. The number of hydrogen-bond donors (Lipinski definition) is 2. The normalized spacial score (nSPS) is 23.0. The maximum absolute atomic E-state index is 12.0. The molecule has 2 unspecified atom stereocenters. The van der Waals surface area contributed by atoms with Gasteiger partial charge in [0.25, 0.3) is 0 Å². The summed E-state index contributed by atoms with van der Waals surface area (Å²) in [5.74, 6) is -0.807. The molecule has 0 bridgehead atoms. The first-order valence-corrected chi connectivity index (χ1v) is 7.08. The van der Waals surface area contributed by atoms with Crippen molar-refractivity contribution in [2.45, 2.75) is 51.2 Å². The van der Waals surface area contributed by atoms with Crippen LogP contribution in [-0.4, -0.2) is 47.3 Å². The van der Waals surface area contributed by atoms with E-state index in [1.165, 1.54) is 4.90 Å². The smallest absolute Gasteiger partial charge is 0.389 e. The molecule has 0 saturated carbocycles. The fraction of sp³-hybridized carbons (Fsp3) is 0.846. The van der Waals surface area contributed by atoms with Crippen molar-refractivity contribution in [1.82, 2.24) is 10.2 Å². The van der Waals surface area contributed by atoms with Crippen LogP contribution in [0, 0.1) is 5.92 Å². The highest BCUT2D eigenvalue weighted by Crippen LogP contribution is 2.25. The van der Waals surface area contributed by atoms with Gasteiger partial charge in [-0.25, -0.2) is 9.59 Å². The molecule has 0 spiro atoms. The van der Waals surface area contributed by atoms with Crippen LogP contribution in [-0.2, 0) is 4.79 Å². The average Bonchev–Trinajstić information content (AvgIpc) is 2.41. The summed E-state index contributed by atoms with van der Waals surface area (Å²) in [5.41, 5.74) is 0. The lowest BCUT2D eigenvalue weighted by atomic mass is 9.89. The Hall–Kier alpha value is -1.47. The molecule has 0 aromatic rings. The van der Waals surface area contributed by atoms with E-state index in [-0.39, 0.29) is 18.9 Å². The molecule has 5 nitrogen and oxygen atoms in total. The molecular weight excluding hydrogens is 289 g/mol. The molecule has 1 rings (SSSR count). The van der Waals surface area contributed by atoms with E-state index in [0.29, 0.717) is 13.0 Å². The maximum Gasteiger partial charge on any atom is 0.389 e. The molecule has 21 heavy (non-hydrogen) atoms. The minimum Gasteiger partial charge on any atom is -0.480 e. The van der Waals surface area contributed by atoms with Gasteiger partial charge in [-0.2, -0.15) is 13.2 Å². The zero-order valence-electron chi connectivity index (χ0n) is 11.9. The van der Waals surface area contributed by atoms with Crippen molar-refractivity contribution in [3.05, 3.63) is 0 Å². The van der Waals surface area contributed by atoms with Crippen molar-refractivity contribution >= 4 is 12.0 Å². The number of halogens is 3. The van der Waals surface area contributed by atoms with E-state index in [1.54, 1.807) is 0 Å². The Kier molecular flexibility index (Phi) is 6.29. The van der Waals surface area contributed by atoms with Gasteiger partial charge in [-0.3, -0.25) is 0 Å². The number of amides is 2. The van der Waals surface area contributed by atoms with Crippen LogP contribution in [0.5, 0.6) is 0 Å². The SMILES string of the molecule is CCC1CCN(C(=O)NCCCC(F)(F)F)C(C(=O)O)C1. The molecule has 2 amide bonds. The predicted molar refractivity (Wildman–Crippen MR) is 69.8 cm³/mol. The summed E-state index contributed by atoms with van der Waals surface area (Å²) in [6, 6.07) is -1.49. The summed E-state index contributed by atoms with van der Waals surface area (Å²) in [7, 11) is 0. The van der Waals surface area contributed by atoms with Gasteiger partial charge in [-0.1, -0.05) is 13.3 Å². The second kappa shape index (κ2) is 7.51. The van der Waals surface area contributed by atoms with Gasteiger partial charge in [0.1, 0.15) is 6.04 Å². The largest absolute Gasteiger partial charge is 0.480 e. The molecule has 2 N–H and O–H groups in total. The number of carbonyl (C=O) groups excluding carboxylic acids is 1. The molecule has 1 fully saturated rings. The number of carboxylic acid groups (broad SMARTS) is 1. The van der Waals surface area contributed by atoms with Crippen LogP contribution < -0.4 is 5.32 Å². The topological polar surface area (TPSA) is 69.6 Å². The molecular formula is C13H21F3N2O3. The van der Waals surface area contributed by atoms with Gasteiger partial charge in [-0.15, -0.1) is 0 Å². The Morgan fingerprint density at radius 3 is 2.57 bits per heavy atom. The number of alkyl halides is 3. The molecule has 1 aliphatic heterocycles. The Morgan fingerprint density at radius 1 is 1.38 bits per heavy atom. The van der Waals surface area contributed by atoms with Crippen LogP contribution in [0.25, 0.3) is 0 Å². The van der Waals surface area contributed by atoms with E-state index in [2.05, 4.69) is 5.32 Å². The van der Waals surface area contributed by atoms with E-state index in [9.17, 15) is 27.9 Å². The predicted octanol–water partition coefficient (Wildman–Crippen LogP) is 2.61. The van der Waals surface area contributed by atoms with Crippen LogP contribution in [0.4, 0.5) is 18.0 Å². The minimum atomic E-state index is -4.24. The first-order valence-electron chi connectivity index (χ1n) is 7.08. The van der Waals surface area contributed by atoms with Crippen molar-refractivity contribution in [2.75, 3.05) is 13.1 Å². The van der Waals surface area contributed by atoms with E-state index in [0.717, 1.165) is 12.8 Å². The van der Waals surface area contributed by atoms with Gasteiger partial charge >= 0.3 is 18.2 Å². The standard InChI is InChI=1S/C13H21F3N2O3/c1-2-9-4-7-18(10(8-9)11(19)20)12(21)17-6-3-5-13(14,15)16/h9-10H,2-8H2,1H3,(H,17,21)(H,19,20). The zero-order chi connectivity index (χ0) is 16.0. The summed E-state index contributed by atoms with van der Waals surface area (Å²) < 4.78 is 36.0. The number of urea groups is 1. The van der Waals surface area contributed by atoms with E-state index >= 15 is 0 Å². The van der Waals surface area contributed by atoms with E-state index in [1.807, 2.05) is 6.92 Å². The molecule has 122 valence electrons. The van der Waals surface area contributed by atoms with Crippen molar-refractivity contribution in [2.24, 2.45) is 5.92 Å². The summed E-state index contributed by atoms with van der Waals surface area (Å²) in [6.07, 6.45) is -3.46. The lowest BCUT2D eigenvalue weighted by molar-refractivity contribution is -0.144. The first kappa shape index (κ1) is 17.6. The molecule has 0 radical (unpaired) electrons. The highest BCUT2D eigenvalue weighted by molar-refractivity contribution is 5.82. The second-order valence-corrected chi connectivity index (χ2v) is 5.30. The average molecular weight is 310 g/mol. The van der Waals surface area contributed by atoms with Crippen molar-refractivity contribution in [3.8, 4) is 0 Å². The fourth-order valence-electron chi connectivity index (χ4n) is 2.47. The molecule has 0 aromatic heterocycles. The van der Waals surface area contributed by atoms with Gasteiger partial charge in [-0.05, 0) is 25.2 Å². The van der Waals surface area contributed by atoms with Crippen LogP contribution in [0.2, 0.25) is 0 Å². The number of nitrogens with zero attached hydrogens (tertiary/aromatic N) is 1. The van der Waals surface area contributed by atoms with E-state index in [4.69, 9.17) is 0 Å². The zero-order valence-corrected chi connectivity index (χ0v) is 11.9. The minimum absolute atomic E-state index is 0.113. The lowest BCUT2D eigenvalue weighted by Crippen LogP contribution is -2.53. The highest BCUT2D eigenvalue weighted by atomic mass is 19.4. The van der Waals surface area contributed by atoms with Gasteiger partial charge in [0.05, 0.1) is 0 Å². The van der Waals surface area contributed by atoms with Crippen molar-refractivity contribution < 1.29 is 27.9 Å². The van der Waals surface area contributed by atoms with Crippen molar-refractivity contribution in [3.63, 3.8) is 0 Å². The van der Waals surface area contributed by atoms with Crippen LogP contribution in [0.3, 0.4) is 0 Å². The van der Waals surface area contributed by atoms with Gasteiger partial charge < -0.3 is 15.3 Å². The Morgan fingerprint density at radius 2 is 2.05 bits per heavy atom. The third kappa shape index (κ3) is 5.81. The Labute approximate surface area is 121 Å². The Bertz CT molecular complexity index is 374. The maximum atomic E-state index is 12.0. The number of aliphatic carboxylic acids is 1. The van der Waals surface area contributed by atoms with E-state index < -0.39 is 30.6 Å². The molecule has 0 aliphatic carbocycles. The van der Waals surface area contributed by atoms with Gasteiger partial charge in [0, 0.05) is 19.5 Å². The van der Waals surface area contributed by atoms with Crippen LogP contribution in [0.15, 0.2) is 0 Å². The summed E-state index contributed by atoms with van der Waals surface area (Å²) >= 11 is 0. The summed E-state index contributed by atoms with van der Waals surface area (Å²) in [5, 5.41) is 11.5.